The van der Waals surface area contributed by atoms with Gasteiger partial charge in [0.05, 0.1) is 6.20 Å². The Morgan fingerprint density at radius 3 is 2.75 bits per heavy atom. The van der Waals surface area contributed by atoms with Crippen LogP contribution in [0.25, 0.3) is 0 Å². The summed E-state index contributed by atoms with van der Waals surface area (Å²) < 4.78 is 15.6. The van der Waals surface area contributed by atoms with E-state index in [1.54, 1.807) is 6.07 Å². The zero-order valence-electron chi connectivity index (χ0n) is 12.1. The van der Waals surface area contributed by atoms with Gasteiger partial charge >= 0.3 is 0 Å². The molecule has 20 heavy (non-hydrogen) atoms. The summed E-state index contributed by atoms with van der Waals surface area (Å²) in [5.74, 6) is 0.260. The molecule has 1 unspecified atom stereocenters. The summed E-state index contributed by atoms with van der Waals surface area (Å²) in [6, 6.07) is 7.04. The maximum Gasteiger partial charge on any atom is 0.126 e. The molecule has 2 rings (SSSR count). The molecule has 0 fully saturated rings. The summed E-state index contributed by atoms with van der Waals surface area (Å²) in [6.45, 7) is 3.91. The average molecular weight is 275 g/mol. The van der Waals surface area contributed by atoms with E-state index in [0.717, 1.165) is 31.5 Å². The van der Waals surface area contributed by atoms with E-state index in [4.69, 9.17) is 0 Å². The Hall–Kier alpha value is -1.68. The molecule has 1 heterocycles. The number of aryl methyl sites for hydroxylation is 1. The van der Waals surface area contributed by atoms with Crippen LogP contribution in [-0.2, 0) is 19.9 Å². The number of rotatable bonds is 7. The van der Waals surface area contributed by atoms with Crippen LogP contribution in [0.2, 0.25) is 0 Å². The summed E-state index contributed by atoms with van der Waals surface area (Å²) >= 11 is 0. The van der Waals surface area contributed by atoms with Crippen molar-refractivity contribution in [1.82, 2.24) is 15.1 Å². The van der Waals surface area contributed by atoms with Crippen LogP contribution in [-0.4, -0.2) is 22.9 Å². The molecule has 1 atom stereocenters. The van der Waals surface area contributed by atoms with Crippen molar-refractivity contribution in [3.63, 3.8) is 0 Å². The van der Waals surface area contributed by atoms with Crippen LogP contribution in [0.4, 0.5) is 4.39 Å². The second-order valence-corrected chi connectivity index (χ2v) is 5.20. The van der Waals surface area contributed by atoms with Gasteiger partial charge in [0.25, 0.3) is 0 Å². The van der Waals surface area contributed by atoms with Crippen LogP contribution in [0.3, 0.4) is 0 Å². The lowest BCUT2D eigenvalue weighted by Crippen LogP contribution is -2.25. The van der Waals surface area contributed by atoms with Gasteiger partial charge in [-0.1, -0.05) is 25.1 Å². The molecule has 0 saturated carbocycles. The van der Waals surface area contributed by atoms with Crippen molar-refractivity contribution >= 4 is 0 Å². The van der Waals surface area contributed by atoms with E-state index in [1.807, 2.05) is 36.3 Å². The Balaban J connectivity index is 2.05. The van der Waals surface area contributed by atoms with E-state index in [2.05, 4.69) is 17.3 Å². The maximum absolute atomic E-state index is 13.8. The molecule has 0 spiro atoms. The molecule has 1 N–H and O–H groups in total. The second kappa shape index (κ2) is 7.20. The Morgan fingerprint density at radius 1 is 1.30 bits per heavy atom. The molecule has 0 aliphatic heterocycles. The van der Waals surface area contributed by atoms with Crippen LogP contribution < -0.4 is 5.32 Å². The zero-order chi connectivity index (χ0) is 14.4. The molecule has 0 aliphatic carbocycles. The van der Waals surface area contributed by atoms with Crippen molar-refractivity contribution in [2.75, 3.05) is 13.1 Å². The molecule has 0 bridgehead atoms. The Kier molecular flexibility index (Phi) is 5.30. The number of halogens is 1. The second-order valence-electron chi connectivity index (χ2n) is 5.20. The minimum absolute atomic E-state index is 0.111. The third kappa shape index (κ3) is 4.17. The molecule has 0 saturated heterocycles. The van der Waals surface area contributed by atoms with Gasteiger partial charge in [-0.15, -0.1) is 0 Å². The fraction of sp³-hybridized carbons (Fsp3) is 0.438. The van der Waals surface area contributed by atoms with Crippen LogP contribution in [0, 0.1) is 11.7 Å². The topological polar surface area (TPSA) is 29.9 Å². The third-order valence-electron chi connectivity index (χ3n) is 3.43. The summed E-state index contributed by atoms with van der Waals surface area (Å²) in [5, 5.41) is 7.56. The highest BCUT2D eigenvalue weighted by atomic mass is 19.1. The largest absolute Gasteiger partial charge is 0.317 e. The molecular formula is C16H22FN3. The number of hydrogen-bond acceptors (Lipinski definition) is 2. The number of aromatic nitrogens is 2. The minimum atomic E-state index is -0.111. The molecule has 108 valence electrons. The van der Waals surface area contributed by atoms with E-state index >= 15 is 0 Å². The van der Waals surface area contributed by atoms with E-state index in [0.29, 0.717) is 5.92 Å². The van der Waals surface area contributed by atoms with Crippen molar-refractivity contribution in [3.8, 4) is 0 Å². The number of benzene rings is 1. The quantitative estimate of drug-likeness (QED) is 0.841. The number of hydrogen-bond donors (Lipinski definition) is 1. The monoisotopic (exact) mass is 275 g/mol. The van der Waals surface area contributed by atoms with Gasteiger partial charge in [0.15, 0.2) is 0 Å². The molecule has 3 nitrogen and oxygen atoms in total. The van der Waals surface area contributed by atoms with E-state index < -0.39 is 0 Å². The van der Waals surface area contributed by atoms with Gasteiger partial charge < -0.3 is 5.32 Å². The van der Waals surface area contributed by atoms with Gasteiger partial charge in [-0.3, -0.25) is 4.68 Å². The normalized spacial score (nSPS) is 12.6. The van der Waals surface area contributed by atoms with Gasteiger partial charge in [-0.05, 0) is 49.0 Å². The Morgan fingerprint density at radius 2 is 2.10 bits per heavy atom. The zero-order valence-corrected chi connectivity index (χ0v) is 12.1. The third-order valence-corrected chi connectivity index (χ3v) is 3.43. The summed E-state index contributed by atoms with van der Waals surface area (Å²) in [6.07, 6.45) is 5.57. The highest BCUT2D eigenvalue weighted by molar-refractivity contribution is 5.18. The smallest absolute Gasteiger partial charge is 0.126 e. The first-order valence-corrected chi connectivity index (χ1v) is 7.10. The van der Waals surface area contributed by atoms with E-state index in [-0.39, 0.29) is 5.82 Å². The molecular weight excluding hydrogens is 253 g/mol. The van der Waals surface area contributed by atoms with Gasteiger partial charge in [-0.25, -0.2) is 4.39 Å². The minimum Gasteiger partial charge on any atom is -0.317 e. The molecule has 0 aliphatic rings. The van der Waals surface area contributed by atoms with Gasteiger partial charge in [0, 0.05) is 13.2 Å². The molecule has 0 radical (unpaired) electrons. The maximum atomic E-state index is 13.8. The van der Waals surface area contributed by atoms with Gasteiger partial charge in [0.1, 0.15) is 5.82 Å². The van der Waals surface area contributed by atoms with Gasteiger partial charge in [-0.2, -0.15) is 5.10 Å². The van der Waals surface area contributed by atoms with Crippen molar-refractivity contribution in [3.05, 3.63) is 53.6 Å². The Labute approximate surface area is 119 Å². The molecule has 2 aromatic rings. The average Bonchev–Trinajstić information content (AvgIpc) is 2.84. The molecule has 1 aromatic carbocycles. The van der Waals surface area contributed by atoms with Crippen LogP contribution in [0.1, 0.15) is 18.1 Å². The molecule has 1 aromatic heterocycles. The first-order chi connectivity index (χ1) is 9.69. The number of nitrogens with one attached hydrogen (secondary N) is 1. The van der Waals surface area contributed by atoms with Crippen molar-refractivity contribution in [2.45, 2.75) is 19.8 Å². The highest BCUT2D eigenvalue weighted by Gasteiger charge is 2.13. The van der Waals surface area contributed by atoms with Crippen molar-refractivity contribution < 1.29 is 4.39 Å². The molecule has 0 amide bonds. The summed E-state index contributed by atoms with van der Waals surface area (Å²) in [7, 11) is 1.92. The van der Waals surface area contributed by atoms with E-state index in [9.17, 15) is 4.39 Å². The highest BCUT2D eigenvalue weighted by Crippen LogP contribution is 2.16. The number of nitrogens with zero attached hydrogens (tertiary/aromatic N) is 2. The fourth-order valence-corrected chi connectivity index (χ4v) is 2.45. The Bertz CT molecular complexity index is 536. The predicted octanol–water partition coefficient (Wildman–Crippen LogP) is 2.57. The van der Waals surface area contributed by atoms with Gasteiger partial charge in [0.2, 0.25) is 0 Å². The fourth-order valence-electron chi connectivity index (χ4n) is 2.45. The molecule has 4 heteroatoms. The lowest BCUT2D eigenvalue weighted by Gasteiger charge is -2.17. The lowest BCUT2D eigenvalue weighted by molar-refractivity contribution is 0.467. The van der Waals surface area contributed by atoms with Crippen molar-refractivity contribution in [1.29, 1.82) is 0 Å². The first kappa shape index (κ1) is 14.7. The first-order valence-electron chi connectivity index (χ1n) is 7.10. The SMILES string of the molecule is CCNCC(Cc1cnn(C)c1)Cc1ccccc1F. The van der Waals surface area contributed by atoms with Crippen LogP contribution in [0.5, 0.6) is 0 Å². The van der Waals surface area contributed by atoms with Crippen LogP contribution >= 0.6 is 0 Å². The van der Waals surface area contributed by atoms with Crippen LogP contribution in [0.15, 0.2) is 36.7 Å². The lowest BCUT2D eigenvalue weighted by atomic mass is 9.93. The predicted molar refractivity (Wildman–Crippen MR) is 79.0 cm³/mol. The van der Waals surface area contributed by atoms with Crippen molar-refractivity contribution in [2.24, 2.45) is 13.0 Å². The standard InChI is InChI=1S/C16H22FN3/c1-3-18-10-13(8-14-11-19-20(2)12-14)9-15-6-4-5-7-16(15)17/h4-7,11-13,18H,3,8-10H2,1-2H3. The van der Waals surface area contributed by atoms with E-state index in [1.165, 1.54) is 11.6 Å². The summed E-state index contributed by atoms with van der Waals surface area (Å²) in [4.78, 5) is 0. The summed E-state index contributed by atoms with van der Waals surface area (Å²) in [5.41, 5.74) is 1.99.